The summed E-state index contributed by atoms with van der Waals surface area (Å²) < 4.78 is 7.69. The minimum absolute atomic E-state index is 0.0525. The topological polar surface area (TPSA) is 60.2 Å². The SMILES string of the molecule is Cc1ccc(C(=O)N2CCn3nc(OCc4ccncc4)cc3C2)cc1. The molecule has 0 saturated heterocycles. The van der Waals surface area contributed by atoms with Crippen LogP contribution in [0.15, 0.2) is 54.9 Å². The average molecular weight is 348 g/mol. The van der Waals surface area contributed by atoms with Crippen LogP contribution in [-0.2, 0) is 19.7 Å². The first-order valence-corrected chi connectivity index (χ1v) is 8.63. The Morgan fingerprint density at radius 2 is 1.88 bits per heavy atom. The van der Waals surface area contributed by atoms with Crippen molar-refractivity contribution in [1.82, 2.24) is 19.7 Å². The number of carbonyl (C=O) groups is 1. The molecule has 0 radical (unpaired) electrons. The highest BCUT2D eigenvalue weighted by Gasteiger charge is 2.23. The molecule has 0 bridgehead atoms. The van der Waals surface area contributed by atoms with E-state index in [2.05, 4.69) is 10.1 Å². The number of pyridine rings is 1. The van der Waals surface area contributed by atoms with Gasteiger partial charge >= 0.3 is 0 Å². The number of hydrogen-bond donors (Lipinski definition) is 0. The molecule has 2 aromatic heterocycles. The fourth-order valence-corrected chi connectivity index (χ4v) is 3.00. The third-order valence-electron chi connectivity index (χ3n) is 4.50. The van der Waals surface area contributed by atoms with Crippen LogP contribution in [0.3, 0.4) is 0 Å². The summed E-state index contributed by atoms with van der Waals surface area (Å²) in [5, 5.41) is 4.48. The Morgan fingerprint density at radius 3 is 2.65 bits per heavy atom. The van der Waals surface area contributed by atoms with Crippen molar-refractivity contribution in [1.29, 1.82) is 0 Å². The van der Waals surface area contributed by atoms with Crippen molar-refractivity contribution in [2.45, 2.75) is 26.6 Å². The zero-order valence-electron chi connectivity index (χ0n) is 14.6. The Bertz CT molecular complexity index is 903. The number of rotatable bonds is 4. The van der Waals surface area contributed by atoms with Gasteiger partial charge in [0.2, 0.25) is 5.88 Å². The lowest BCUT2D eigenvalue weighted by Gasteiger charge is -2.27. The summed E-state index contributed by atoms with van der Waals surface area (Å²) in [5.41, 5.74) is 3.90. The molecule has 6 heteroatoms. The molecule has 3 aromatic rings. The van der Waals surface area contributed by atoms with E-state index in [0.29, 0.717) is 32.1 Å². The molecule has 3 heterocycles. The standard InChI is InChI=1S/C20H20N4O2/c1-15-2-4-17(5-3-15)20(25)23-10-11-24-18(13-23)12-19(22-24)26-14-16-6-8-21-9-7-16/h2-9,12H,10-11,13-14H2,1H3. The van der Waals surface area contributed by atoms with E-state index >= 15 is 0 Å². The van der Waals surface area contributed by atoms with E-state index in [1.165, 1.54) is 0 Å². The smallest absolute Gasteiger partial charge is 0.254 e. The normalized spacial score (nSPS) is 13.3. The summed E-state index contributed by atoms with van der Waals surface area (Å²) >= 11 is 0. The zero-order valence-corrected chi connectivity index (χ0v) is 14.6. The number of benzene rings is 1. The highest BCUT2D eigenvalue weighted by molar-refractivity contribution is 5.94. The first kappa shape index (κ1) is 16.3. The van der Waals surface area contributed by atoms with Gasteiger partial charge in [0.25, 0.3) is 5.91 Å². The zero-order chi connectivity index (χ0) is 17.9. The van der Waals surface area contributed by atoms with Gasteiger partial charge in [-0.2, -0.15) is 0 Å². The number of amides is 1. The number of carbonyl (C=O) groups excluding carboxylic acids is 1. The summed E-state index contributed by atoms with van der Waals surface area (Å²) in [7, 11) is 0. The molecule has 132 valence electrons. The fraction of sp³-hybridized carbons (Fsp3) is 0.250. The van der Waals surface area contributed by atoms with Gasteiger partial charge in [0, 0.05) is 30.6 Å². The Balaban J connectivity index is 1.43. The van der Waals surface area contributed by atoms with E-state index in [1.54, 1.807) is 12.4 Å². The van der Waals surface area contributed by atoms with Crippen molar-refractivity contribution in [3.8, 4) is 5.88 Å². The second-order valence-corrected chi connectivity index (χ2v) is 6.43. The van der Waals surface area contributed by atoms with Gasteiger partial charge in [-0.1, -0.05) is 17.7 Å². The van der Waals surface area contributed by atoms with Gasteiger partial charge in [-0.25, -0.2) is 0 Å². The molecule has 1 aliphatic rings. The van der Waals surface area contributed by atoms with Crippen molar-refractivity contribution >= 4 is 5.91 Å². The van der Waals surface area contributed by atoms with Crippen LogP contribution in [0.1, 0.15) is 27.2 Å². The van der Waals surface area contributed by atoms with Gasteiger partial charge in [0.15, 0.2) is 0 Å². The summed E-state index contributed by atoms with van der Waals surface area (Å²) in [4.78, 5) is 18.5. The van der Waals surface area contributed by atoms with Crippen molar-refractivity contribution in [2.24, 2.45) is 0 Å². The largest absolute Gasteiger partial charge is 0.472 e. The third-order valence-corrected chi connectivity index (χ3v) is 4.50. The molecule has 0 aliphatic carbocycles. The van der Waals surface area contributed by atoms with Gasteiger partial charge in [-0.05, 0) is 36.8 Å². The van der Waals surface area contributed by atoms with Crippen molar-refractivity contribution < 1.29 is 9.53 Å². The van der Waals surface area contributed by atoms with Crippen LogP contribution in [0, 0.1) is 6.92 Å². The van der Waals surface area contributed by atoms with Gasteiger partial charge in [-0.3, -0.25) is 14.5 Å². The second kappa shape index (κ2) is 7.00. The molecule has 0 atom stereocenters. The number of ether oxygens (including phenoxy) is 1. The molecule has 6 nitrogen and oxygen atoms in total. The van der Waals surface area contributed by atoms with Crippen LogP contribution < -0.4 is 4.74 Å². The second-order valence-electron chi connectivity index (χ2n) is 6.43. The Kier molecular flexibility index (Phi) is 4.39. The van der Waals surface area contributed by atoms with Crippen LogP contribution in [0.4, 0.5) is 0 Å². The quantitative estimate of drug-likeness (QED) is 0.727. The number of aryl methyl sites for hydroxylation is 1. The number of fused-ring (bicyclic) bond motifs is 1. The molecule has 4 rings (SSSR count). The van der Waals surface area contributed by atoms with E-state index in [-0.39, 0.29) is 5.91 Å². The first-order chi connectivity index (χ1) is 12.7. The Labute approximate surface area is 152 Å². The lowest BCUT2D eigenvalue weighted by Crippen LogP contribution is -2.38. The molecule has 1 aliphatic heterocycles. The highest BCUT2D eigenvalue weighted by Crippen LogP contribution is 2.20. The average Bonchev–Trinajstić information content (AvgIpc) is 3.09. The van der Waals surface area contributed by atoms with E-state index < -0.39 is 0 Å². The third kappa shape index (κ3) is 3.44. The van der Waals surface area contributed by atoms with E-state index in [4.69, 9.17) is 4.74 Å². The van der Waals surface area contributed by atoms with E-state index in [0.717, 1.165) is 22.4 Å². The van der Waals surface area contributed by atoms with E-state index in [1.807, 2.05) is 59.0 Å². The Morgan fingerprint density at radius 1 is 1.12 bits per heavy atom. The molecule has 0 fully saturated rings. The van der Waals surface area contributed by atoms with Crippen LogP contribution in [0.2, 0.25) is 0 Å². The number of aromatic nitrogens is 3. The van der Waals surface area contributed by atoms with Gasteiger partial charge in [0.1, 0.15) is 6.61 Å². The van der Waals surface area contributed by atoms with Gasteiger partial charge < -0.3 is 9.64 Å². The molecular weight excluding hydrogens is 328 g/mol. The number of hydrogen-bond acceptors (Lipinski definition) is 4. The van der Waals surface area contributed by atoms with Crippen molar-refractivity contribution in [3.05, 3.63) is 77.2 Å². The van der Waals surface area contributed by atoms with Crippen LogP contribution in [0.5, 0.6) is 5.88 Å². The minimum Gasteiger partial charge on any atom is -0.472 e. The van der Waals surface area contributed by atoms with Crippen LogP contribution in [-0.4, -0.2) is 32.1 Å². The molecule has 1 amide bonds. The van der Waals surface area contributed by atoms with Gasteiger partial charge in [0.05, 0.1) is 18.8 Å². The maximum atomic E-state index is 12.7. The predicted octanol–water partition coefficient (Wildman–Crippen LogP) is 2.82. The maximum Gasteiger partial charge on any atom is 0.254 e. The summed E-state index contributed by atoms with van der Waals surface area (Å²) in [5.74, 6) is 0.637. The summed E-state index contributed by atoms with van der Waals surface area (Å²) in [6.45, 7) is 4.32. The molecule has 26 heavy (non-hydrogen) atoms. The fourth-order valence-electron chi connectivity index (χ4n) is 3.00. The molecule has 1 aromatic carbocycles. The lowest BCUT2D eigenvalue weighted by molar-refractivity contribution is 0.0706. The van der Waals surface area contributed by atoms with Crippen molar-refractivity contribution in [2.75, 3.05) is 6.54 Å². The Hall–Kier alpha value is -3.15. The van der Waals surface area contributed by atoms with E-state index in [9.17, 15) is 4.79 Å². The van der Waals surface area contributed by atoms with Crippen LogP contribution in [0.25, 0.3) is 0 Å². The molecule has 0 spiro atoms. The molecule has 0 N–H and O–H groups in total. The summed E-state index contributed by atoms with van der Waals surface area (Å²) in [6.07, 6.45) is 3.48. The highest BCUT2D eigenvalue weighted by atomic mass is 16.5. The first-order valence-electron chi connectivity index (χ1n) is 8.63. The number of nitrogens with zero attached hydrogens (tertiary/aromatic N) is 4. The summed E-state index contributed by atoms with van der Waals surface area (Å²) in [6, 6.07) is 13.4. The van der Waals surface area contributed by atoms with Crippen molar-refractivity contribution in [3.63, 3.8) is 0 Å². The monoisotopic (exact) mass is 348 g/mol. The molecular formula is C20H20N4O2. The molecule has 0 saturated carbocycles. The maximum absolute atomic E-state index is 12.7. The minimum atomic E-state index is 0.0525. The van der Waals surface area contributed by atoms with Gasteiger partial charge in [-0.15, -0.1) is 5.10 Å². The van der Waals surface area contributed by atoms with Crippen LogP contribution >= 0.6 is 0 Å². The molecule has 0 unspecified atom stereocenters. The lowest BCUT2D eigenvalue weighted by atomic mass is 10.1. The predicted molar refractivity (Wildman–Crippen MR) is 96.7 cm³/mol.